The van der Waals surface area contributed by atoms with Gasteiger partial charge in [-0.2, -0.15) is 0 Å². The summed E-state index contributed by atoms with van der Waals surface area (Å²) in [4.78, 5) is 36.0. The number of hydrogen-bond donors (Lipinski definition) is 3. The number of amides is 2. The Labute approximate surface area is 146 Å². The lowest BCUT2D eigenvalue weighted by molar-refractivity contribution is -0.149. The first kappa shape index (κ1) is 18.8. The SMILES string of the molecule is CCOc1ccccc1C(=O)NCC(=O)NC1(C(=O)O)CCCCC1. The van der Waals surface area contributed by atoms with Crippen LogP contribution in [0.2, 0.25) is 0 Å². The normalized spacial score (nSPS) is 15.9. The molecule has 0 heterocycles. The standard InChI is InChI=1S/C18H24N2O5/c1-2-25-14-9-5-4-8-13(14)16(22)19-12-15(21)20-18(17(23)24)10-6-3-7-11-18/h4-5,8-9H,2-3,6-7,10-12H2,1H3,(H,19,22)(H,20,21)(H,23,24). The van der Waals surface area contributed by atoms with E-state index in [0.717, 1.165) is 19.3 Å². The fraction of sp³-hybridized carbons (Fsp3) is 0.500. The molecule has 7 nitrogen and oxygen atoms in total. The molecule has 1 aliphatic carbocycles. The van der Waals surface area contributed by atoms with Crippen LogP contribution in [0.25, 0.3) is 0 Å². The van der Waals surface area contributed by atoms with E-state index in [1.807, 2.05) is 6.92 Å². The van der Waals surface area contributed by atoms with Gasteiger partial charge in [-0.3, -0.25) is 9.59 Å². The molecule has 1 aromatic carbocycles. The number of rotatable bonds is 7. The van der Waals surface area contributed by atoms with Crippen molar-refractivity contribution in [3.63, 3.8) is 0 Å². The molecule has 0 aromatic heterocycles. The van der Waals surface area contributed by atoms with Crippen LogP contribution in [0.4, 0.5) is 0 Å². The predicted molar refractivity (Wildman–Crippen MR) is 91.5 cm³/mol. The Kier molecular flexibility index (Phi) is 6.38. The number of carboxylic acid groups (broad SMARTS) is 1. The van der Waals surface area contributed by atoms with E-state index in [1.165, 1.54) is 0 Å². The molecule has 2 amide bonds. The van der Waals surface area contributed by atoms with Crippen molar-refractivity contribution >= 4 is 17.8 Å². The Hall–Kier alpha value is -2.57. The molecule has 0 spiro atoms. The molecule has 7 heteroatoms. The quantitative estimate of drug-likeness (QED) is 0.696. The van der Waals surface area contributed by atoms with Gasteiger partial charge in [0.15, 0.2) is 0 Å². The number of carbonyl (C=O) groups excluding carboxylic acids is 2. The molecule has 0 radical (unpaired) electrons. The highest BCUT2D eigenvalue weighted by Gasteiger charge is 2.40. The van der Waals surface area contributed by atoms with Gasteiger partial charge in [-0.25, -0.2) is 4.79 Å². The Morgan fingerprint density at radius 2 is 1.84 bits per heavy atom. The van der Waals surface area contributed by atoms with Crippen LogP contribution in [0.3, 0.4) is 0 Å². The summed E-state index contributed by atoms with van der Waals surface area (Å²) in [7, 11) is 0. The van der Waals surface area contributed by atoms with Crippen molar-refractivity contribution in [2.24, 2.45) is 0 Å². The third kappa shape index (κ3) is 4.71. The van der Waals surface area contributed by atoms with Crippen molar-refractivity contribution in [3.8, 4) is 5.75 Å². The van der Waals surface area contributed by atoms with Gasteiger partial charge in [-0.15, -0.1) is 0 Å². The molecule has 1 fully saturated rings. The van der Waals surface area contributed by atoms with Crippen LogP contribution in [-0.4, -0.2) is 41.6 Å². The monoisotopic (exact) mass is 348 g/mol. The predicted octanol–water partition coefficient (Wildman–Crippen LogP) is 1.72. The highest BCUT2D eigenvalue weighted by atomic mass is 16.5. The van der Waals surface area contributed by atoms with E-state index in [2.05, 4.69) is 10.6 Å². The zero-order valence-corrected chi connectivity index (χ0v) is 14.3. The summed E-state index contributed by atoms with van der Waals surface area (Å²) in [5.41, 5.74) is -0.883. The van der Waals surface area contributed by atoms with Crippen molar-refractivity contribution in [3.05, 3.63) is 29.8 Å². The van der Waals surface area contributed by atoms with Gasteiger partial charge in [0.2, 0.25) is 5.91 Å². The fourth-order valence-corrected chi connectivity index (χ4v) is 3.05. The first-order chi connectivity index (χ1) is 12.0. The number of benzene rings is 1. The van der Waals surface area contributed by atoms with Gasteiger partial charge in [0.1, 0.15) is 11.3 Å². The summed E-state index contributed by atoms with van der Waals surface area (Å²) in [6.45, 7) is 1.96. The Balaban J connectivity index is 1.95. The fourth-order valence-electron chi connectivity index (χ4n) is 3.05. The summed E-state index contributed by atoms with van der Waals surface area (Å²) in [6.07, 6.45) is 3.32. The maximum absolute atomic E-state index is 12.3. The van der Waals surface area contributed by atoms with Gasteiger partial charge in [0.25, 0.3) is 5.91 Å². The van der Waals surface area contributed by atoms with Crippen molar-refractivity contribution in [2.45, 2.75) is 44.6 Å². The molecule has 1 saturated carbocycles. The molecule has 2 rings (SSSR count). The Morgan fingerprint density at radius 3 is 2.48 bits per heavy atom. The van der Waals surface area contributed by atoms with Gasteiger partial charge >= 0.3 is 5.97 Å². The zero-order chi connectivity index (χ0) is 18.3. The summed E-state index contributed by atoms with van der Waals surface area (Å²) >= 11 is 0. The molecule has 1 aromatic rings. The number of carbonyl (C=O) groups is 3. The third-order valence-corrected chi connectivity index (χ3v) is 4.34. The number of carboxylic acids is 1. The molecular weight excluding hydrogens is 324 g/mol. The molecule has 0 atom stereocenters. The Bertz CT molecular complexity index is 638. The van der Waals surface area contributed by atoms with Gasteiger partial charge in [0.05, 0.1) is 18.7 Å². The summed E-state index contributed by atoms with van der Waals surface area (Å²) in [6, 6.07) is 6.76. The van der Waals surface area contributed by atoms with Gasteiger partial charge < -0.3 is 20.5 Å². The lowest BCUT2D eigenvalue weighted by Gasteiger charge is -2.34. The van der Waals surface area contributed by atoms with Crippen molar-refractivity contribution in [2.75, 3.05) is 13.2 Å². The van der Waals surface area contributed by atoms with Gasteiger partial charge in [0, 0.05) is 0 Å². The lowest BCUT2D eigenvalue weighted by atomic mass is 9.81. The molecule has 0 saturated heterocycles. The average molecular weight is 348 g/mol. The zero-order valence-electron chi connectivity index (χ0n) is 14.3. The second kappa shape index (κ2) is 8.50. The smallest absolute Gasteiger partial charge is 0.329 e. The van der Waals surface area contributed by atoms with Crippen LogP contribution in [0.5, 0.6) is 5.75 Å². The molecule has 136 valence electrons. The van der Waals surface area contributed by atoms with Crippen LogP contribution >= 0.6 is 0 Å². The lowest BCUT2D eigenvalue weighted by Crippen LogP contribution is -2.57. The molecule has 0 bridgehead atoms. The largest absolute Gasteiger partial charge is 0.493 e. The molecule has 0 aliphatic heterocycles. The second-order valence-corrected chi connectivity index (χ2v) is 6.11. The van der Waals surface area contributed by atoms with Crippen LogP contribution in [0, 0.1) is 0 Å². The number of nitrogens with one attached hydrogen (secondary N) is 2. The van der Waals surface area contributed by atoms with Crippen LogP contribution in [0.15, 0.2) is 24.3 Å². The van der Waals surface area contributed by atoms with Crippen molar-refractivity contribution in [1.29, 1.82) is 0 Å². The molecule has 0 unspecified atom stereocenters. The minimum atomic E-state index is -1.22. The summed E-state index contributed by atoms with van der Waals surface area (Å²) in [5, 5.41) is 14.6. The van der Waals surface area contributed by atoms with Crippen molar-refractivity contribution in [1.82, 2.24) is 10.6 Å². The van der Waals surface area contributed by atoms with Gasteiger partial charge in [-0.05, 0) is 31.9 Å². The van der Waals surface area contributed by atoms with E-state index in [9.17, 15) is 19.5 Å². The number of aliphatic carboxylic acids is 1. The van der Waals surface area contributed by atoms with Crippen LogP contribution in [-0.2, 0) is 9.59 Å². The Morgan fingerprint density at radius 1 is 1.16 bits per heavy atom. The van der Waals surface area contributed by atoms with E-state index in [-0.39, 0.29) is 6.54 Å². The topological polar surface area (TPSA) is 105 Å². The van der Waals surface area contributed by atoms with E-state index >= 15 is 0 Å². The average Bonchev–Trinajstić information content (AvgIpc) is 2.61. The van der Waals surface area contributed by atoms with Crippen molar-refractivity contribution < 1.29 is 24.2 Å². The highest BCUT2D eigenvalue weighted by Crippen LogP contribution is 2.28. The number of ether oxygens (including phenoxy) is 1. The first-order valence-electron chi connectivity index (χ1n) is 8.53. The highest BCUT2D eigenvalue weighted by molar-refractivity contribution is 5.99. The number of hydrogen-bond acceptors (Lipinski definition) is 4. The van der Waals surface area contributed by atoms with E-state index in [4.69, 9.17) is 4.74 Å². The third-order valence-electron chi connectivity index (χ3n) is 4.34. The van der Waals surface area contributed by atoms with E-state index in [1.54, 1.807) is 24.3 Å². The van der Waals surface area contributed by atoms with Crippen LogP contribution < -0.4 is 15.4 Å². The number of para-hydroxylation sites is 1. The molecule has 25 heavy (non-hydrogen) atoms. The maximum Gasteiger partial charge on any atom is 0.329 e. The first-order valence-corrected chi connectivity index (χ1v) is 8.53. The molecular formula is C18H24N2O5. The minimum Gasteiger partial charge on any atom is -0.493 e. The summed E-state index contributed by atoms with van der Waals surface area (Å²) < 4.78 is 5.39. The summed E-state index contributed by atoms with van der Waals surface area (Å²) in [5.74, 6) is -1.52. The van der Waals surface area contributed by atoms with Gasteiger partial charge in [-0.1, -0.05) is 31.4 Å². The van der Waals surface area contributed by atoms with Crippen LogP contribution in [0.1, 0.15) is 49.4 Å². The molecule has 3 N–H and O–H groups in total. The van der Waals surface area contributed by atoms with E-state index < -0.39 is 23.3 Å². The molecule has 1 aliphatic rings. The maximum atomic E-state index is 12.3. The van der Waals surface area contributed by atoms with E-state index in [0.29, 0.717) is 30.8 Å². The minimum absolute atomic E-state index is 0.283. The second-order valence-electron chi connectivity index (χ2n) is 6.11.